The molecule has 0 aliphatic rings. The maximum atomic E-state index is 10.5. The summed E-state index contributed by atoms with van der Waals surface area (Å²) in [6.07, 6.45) is 0.0482. The Morgan fingerprint density at radius 3 is 2.20 bits per heavy atom. The fourth-order valence-electron chi connectivity index (χ4n) is 1.09. The molecule has 78 valence electrons. The van der Waals surface area contributed by atoms with E-state index in [1.165, 1.54) is 0 Å². The molecule has 0 amide bonds. The third-order valence-electron chi connectivity index (χ3n) is 1.72. The number of nitro groups is 2. The molecular weight excluding hydrogens is 206 g/mol. The molecule has 0 aliphatic heterocycles. The molecule has 8 heteroatoms. The van der Waals surface area contributed by atoms with Gasteiger partial charge in [-0.05, 0) is 6.07 Å². The predicted octanol–water partition coefficient (Wildman–Crippen LogP) is 0.898. The Labute approximate surface area is 82.6 Å². The van der Waals surface area contributed by atoms with Crippen molar-refractivity contribution in [1.82, 2.24) is 0 Å². The minimum Gasteiger partial charge on any atom is -0.393 e. The van der Waals surface area contributed by atoms with Gasteiger partial charge in [0.25, 0.3) is 5.69 Å². The normalized spacial score (nSPS) is 9.60. The van der Waals surface area contributed by atoms with Crippen molar-refractivity contribution >= 4 is 23.3 Å². The van der Waals surface area contributed by atoms with Crippen LogP contribution in [0.1, 0.15) is 10.4 Å². The van der Waals surface area contributed by atoms with Crippen LogP contribution in [0.5, 0.6) is 0 Å². The predicted molar refractivity (Wildman–Crippen MR) is 49.6 cm³/mol. The number of carbonyl (C=O) groups is 1. The highest BCUT2D eigenvalue weighted by Gasteiger charge is 2.27. The van der Waals surface area contributed by atoms with Gasteiger partial charge < -0.3 is 5.73 Å². The monoisotopic (exact) mass is 211 g/mol. The van der Waals surface area contributed by atoms with Crippen LogP contribution in [-0.2, 0) is 0 Å². The second-order valence-electron chi connectivity index (χ2n) is 2.57. The number of rotatable bonds is 3. The van der Waals surface area contributed by atoms with E-state index in [1.807, 2.05) is 0 Å². The maximum Gasteiger partial charge on any atom is 0.309 e. The van der Waals surface area contributed by atoms with Crippen LogP contribution in [0.25, 0.3) is 0 Å². The minimum absolute atomic E-state index is 0.0482. The number of benzene rings is 1. The molecule has 0 unspecified atom stereocenters. The Hall–Kier alpha value is -2.51. The van der Waals surface area contributed by atoms with E-state index < -0.39 is 26.8 Å². The largest absolute Gasteiger partial charge is 0.393 e. The highest BCUT2D eigenvalue weighted by molar-refractivity contribution is 5.91. The van der Waals surface area contributed by atoms with Gasteiger partial charge in [-0.25, -0.2) is 0 Å². The van der Waals surface area contributed by atoms with Crippen LogP contribution >= 0.6 is 0 Å². The number of aldehydes is 1. The molecular formula is C7H5N3O5. The van der Waals surface area contributed by atoms with E-state index in [-0.39, 0.29) is 12.0 Å². The van der Waals surface area contributed by atoms with E-state index in [1.54, 1.807) is 0 Å². The molecule has 1 rings (SSSR count). The van der Waals surface area contributed by atoms with Crippen molar-refractivity contribution in [2.45, 2.75) is 0 Å². The minimum atomic E-state index is -0.925. The molecule has 0 aromatic heterocycles. The summed E-state index contributed by atoms with van der Waals surface area (Å²) >= 11 is 0. The van der Waals surface area contributed by atoms with E-state index in [2.05, 4.69) is 0 Å². The van der Waals surface area contributed by atoms with Gasteiger partial charge in [0.1, 0.15) is 5.69 Å². The van der Waals surface area contributed by atoms with Crippen molar-refractivity contribution in [1.29, 1.82) is 0 Å². The molecule has 1 aromatic rings. The Kier molecular flexibility index (Phi) is 2.61. The zero-order chi connectivity index (χ0) is 11.6. The SMILES string of the molecule is Nc1ccc([N+](=O)[O-])c(C=O)c1[N+](=O)[O-]. The second kappa shape index (κ2) is 3.70. The number of hydrogen-bond donors (Lipinski definition) is 1. The Bertz CT molecular complexity index is 456. The lowest BCUT2D eigenvalue weighted by Gasteiger charge is -2.00. The summed E-state index contributed by atoms with van der Waals surface area (Å²) < 4.78 is 0. The maximum absolute atomic E-state index is 10.5. The Morgan fingerprint density at radius 1 is 1.20 bits per heavy atom. The first-order chi connectivity index (χ1) is 6.99. The first-order valence-electron chi connectivity index (χ1n) is 3.65. The summed E-state index contributed by atoms with van der Waals surface area (Å²) in [5, 5.41) is 21.0. The number of nitrogens with zero attached hydrogens (tertiary/aromatic N) is 2. The summed E-state index contributed by atoms with van der Waals surface area (Å²) in [6, 6.07) is 1.97. The Morgan fingerprint density at radius 2 is 1.80 bits per heavy atom. The van der Waals surface area contributed by atoms with E-state index in [0.29, 0.717) is 0 Å². The number of nitrogens with two attached hydrogens (primary N) is 1. The van der Waals surface area contributed by atoms with Gasteiger partial charge in [0.15, 0.2) is 11.8 Å². The molecule has 0 bridgehead atoms. The average Bonchev–Trinajstić information content (AvgIpc) is 2.15. The van der Waals surface area contributed by atoms with Crippen LogP contribution in [0.15, 0.2) is 12.1 Å². The van der Waals surface area contributed by atoms with Crippen molar-refractivity contribution in [2.75, 3.05) is 5.73 Å². The van der Waals surface area contributed by atoms with Gasteiger partial charge in [-0.3, -0.25) is 25.0 Å². The van der Waals surface area contributed by atoms with E-state index in [0.717, 1.165) is 12.1 Å². The molecule has 0 fully saturated rings. The van der Waals surface area contributed by atoms with Crippen LogP contribution in [0, 0.1) is 20.2 Å². The zero-order valence-corrected chi connectivity index (χ0v) is 7.25. The smallest absolute Gasteiger partial charge is 0.309 e. The van der Waals surface area contributed by atoms with E-state index in [4.69, 9.17) is 5.73 Å². The van der Waals surface area contributed by atoms with E-state index in [9.17, 15) is 25.0 Å². The van der Waals surface area contributed by atoms with Gasteiger partial charge in [-0.1, -0.05) is 0 Å². The quantitative estimate of drug-likeness (QED) is 0.342. The molecule has 2 N–H and O–H groups in total. The van der Waals surface area contributed by atoms with Gasteiger partial charge in [0, 0.05) is 6.07 Å². The summed E-state index contributed by atoms with van der Waals surface area (Å²) in [5.74, 6) is 0. The number of nitro benzene ring substituents is 2. The second-order valence-corrected chi connectivity index (χ2v) is 2.57. The average molecular weight is 211 g/mol. The fraction of sp³-hybridized carbons (Fsp3) is 0. The van der Waals surface area contributed by atoms with Crippen molar-refractivity contribution in [2.24, 2.45) is 0 Å². The molecule has 0 saturated carbocycles. The third kappa shape index (κ3) is 1.73. The van der Waals surface area contributed by atoms with Crippen LogP contribution in [0.4, 0.5) is 17.1 Å². The lowest BCUT2D eigenvalue weighted by Crippen LogP contribution is -2.03. The van der Waals surface area contributed by atoms with Crippen molar-refractivity contribution in [3.63, 3.8) is 0 Å². The number of nitrogen functional groups attached to an aromatic ring is 1. The van der Waals surface area contributed by atoms with Gasteiger partial charge in [-0.15, -0.1) is 0 Å². The summed E-state index contributed by atoms with van der Waals surface area (Å²) in [5.41, 5.74) is 2.97. The number of carbonyl (C=O) groups excluding carboxylic acids is 1. The van der Waals surface area contributed by atoms with Crippen LogP contribution in [0.3, 0.4) is 0 Å². The molecule has 1 aromatic carbocycles. The van der Waals surface area contributed by atoms with Gasteiger partial charge in [-0.2, -0.15) is 0 Å². The third-order valence-corrected chi connectivity index (χ3v) is 1.72. The van der Waals surface area contributed by atoms with Crippen molar-refractivity contribution in [3.05, 3.63) is 37.9 Å². The first-order valence-corrected chi connectivity index (χ1v) is 3.65. The summed E-state index contributed by atoms with van der Waals surface area (Å²) in [6.45, 7) is 0. The molecule has 15 heavy (non-hydrogen) atoms. The first kappa shape index (κ1) is 10.6. The highest BCUT2D eigenvalue weighted by Crippen LogP contribution is 2.31. The number of hydrogen-bond acceptors (Lipinski definition) is 6. The molecule has 0 heterocycles. The zero-order valence-electron chi connectivity index (χ0n) is 7.25. The molecule has 8 nitrogen and oxygen atoms in total. The Balaban J connectivity index is 3.61. The highest BCUT2D eigenvalue weighted by atomic mass is 16.6. The van der Waals surface area contributed by atoms with Crippen LogP contribution in [-0.4, -0.2) is 16.1 Å². The van der Waals surface area contributed by atoms with E-state index >= 15 is 0 Å². The van der Waals surface area contributed by atoms with Crippen molar-refractivity contribution in [3.8, 4) is 0 Å². The number of anilines is 1. The molecule has 0 atom stereocenters. The summed E-state index contributed by atoms with van der Waals surface area (Å²) in [7, 11) is 0. The molecule has 0 saturated heterocycles. The van der Waals surface area contributed by atoms with Gasteiger partial charge >= 0.3 is 5.69 Å². The standard InChI is InChI=1S/C7H5N3O5/c8-5-1-2-6(9(12)13)4(3-11)7(5)10(14)15/h1-3H,8H2. The lowest BCUT2D eigenvalue weighted by atomic mass is 10.1. The van der Waals surface area contributed by atoms with Gasteiger partial charge in [0.2, 0.25) is 0 Å². The molecule has 0 aliphatic carbocycles. The molecule has 0 radical (unpaired) electrons. The van der Waals surface area contributed by atoms with Gasteiger partial charge in [0.05, 0.1) is 9.85 Å². The van der Waals surface area contributed by atoms with Crippen molar-refractivity contribution < 1.29 is 14.6 Å². The summed E-state index contributed by atoms with van der Waals surface area (Å²) in [4.78, 5) is 29.7. The lowest BCUT2D eigenvalue weighted by molar-refractivity contribution is -0.393. The fourth-order valence-corrected chi connectivity index (χ4v) is 1.09. The van der Waals surface area contributed by atoms with Crippen LogP contribution in [0.2, 0.25) is 0 Å². The molecule has 0 spiro atoms. The van der Waals surface area contributed by atoms with Crippen LogP contribution < -0.4 is 5.73 Å². The topological polar surface area (TPSA) is 129 Å².